The number of para-hydroxylation sites is 1. The molecule has 1 aromatic carbocycles. The predicted octanol–water partition coefficient (Wildman–Crippen LogP) is 3.82. The fraction of sp³-hybridized carbons (Fsp3) is 0.143. The third-order valence-corrected chi connectivity index (χ3v) is 4.38. The van der Waals surface area contributed by atoms with E-state index in [2.05, 4.69) is 4.98 Å². The number of rotatable bonds is 4. The van der Waals surface area contributed by atoms with Gasteiger partial charge in [-0.3, -0.25) is 4.98 Å². The van der Waals surface area contributed by atoms with Crippen LogP contribution >= 0.6 is 0 Å². The molecule has 0 amide bonds. The molecule has 130 valence electrons. The van der Waals surface area contributed by atoms with Crippen molar-refractivity contribution in [3.63, 3.8) is 0 Å². The van der Waals surface area contributed by atoms with Crippen LogP contribution < -0.4 is 0 Å². The van der Waals surface area contributed by atoms with Gasteiger partial charge in [-0.15, -0.1) is 0 Å². The number of fused-ring (bicyclic) bond motifs is 2. The van der Waals surface area contributed by atoms with Crippen molar-refractivity contribution in [2.75, 3.05) is 6.61 Å². The SMILES string of the molecule is CCOC(=O)c1cc2cc(CO)ccn2c1-c1cnc2ccccc2c1. The normalized spacial score (nSPS) is 11.2. The monoisotopic (exact) mass is 346 g/mol. The highest BCUT2D eigenvalue weighted by molar-refractivity contribution is 6.00. The fourth-order valence-corrected chi connectivity index (χ4v) is 3.18. The second kappa shape index (κ2) is 6.61. The molecule has 0 bridgehead atoms. The number of pyridine rings is 2. The molecule has 0 saturated heterocycles. The van der Waals surface area contributed by atoms with E-state index in [1.165, 1.54) is 0 Å². The second-order valence-corrected chi connectivity index (χ2v) is 6.03. The molecule has 0 aliphatic heterocycles. The number of aliphatic hydroxyl groups excluding tert-OH is 1. The zero-order valence-corrected chi connectivity index (χ0v) is 14.3. The molecule has 0 aliphatic rings. The summed E-state index contributed by atoms with van der Waals surface area (Å²) in [6.07, 6.45) is 3.63. The summed E-state index contributed by atoms with van der Waals surface area (Å²) in [5.41, 5.74) is 4.57. The van der Waals surface area contributed by atoms with Gasteiger partial charge in [0, 0.05) is 28.9 Å². The Morgan fingerprint density at radius 1 is 1.19 bits per heavy atom. The van der Waals surface area contributed by atoms with Gasteiger partial charge < -0.3 is 14.2 Å². The van der Waals surface area contributed by atoms with E-state index in [1.807, 2.05) is 53.1 Å². The molecule has 0 atom stereocenters. The molecule has 0 spiro atoms. The highest BCUT2D eigenvalue weighted by atomic mass is 16.5. The van der Waals surface area contributed by atoms with E-state index >= 15 is 0 Å². The van der Waals surface area contributed by atoms with Gasteiger partial charge in [0.1, 0.15) is 0 Å². The van der Waals surface area contributed by atoms with Gasteiger partial charge in [-0.2, -0.15) is 0 Å². The number of carbonyl (C=O) groups excluding carboxylic acids is 1. The number of esters is 1. The number of nitrogens with zero attached hydrogens (tertiary/aromatic N) is 2. The second-order valence-electron chi connectivity index (χ2n) is 6.03. The molecule has 4 rings (SSSR count). The number of ether oxygens (including phenoxy) is 1. The molecule has 4 aromatic rings. The molecule has 0 fully saturated rings. The Morgan fingerprint density at radius 3 is 2.85 bits per heavy atom. The molecular formula is C21H18N2O3. The van der Waals surface area contributed by atoms with Crippen molar-refractivity contribution in [3.8, 4) is 11.3 Å². The lowest BCUT2D eigenvalue weighted by molar-refractivity contribution is 0.0527. The number of benzene rings is 1. The predicted molar refractivity (Wildman–Crippen MR) is 100 cm³/mol. The van der Waals surface area contributed by atoms with Gasteiger partial charge >= 0.3 is 5.97 Å². The van der Waals surface area contributed by atoms with Crippen molar-refractivity contribution >= 4 is 22.4 Å². The summed E-state index contributed by atoms with van der Waals surface area (Å²) in [7, 11) is 0. The average molecular weight is 346 g/mol. The number of hydrogen-bond donors (Lipinski definition) is 1. The van der Waals surface area contributed by atoms with Crippen LogP contribution in [0, 0.1) is 0 Å². The minimum Gasteiger partial charge on any atom is -0.462 e. The third kappa shape index (κ3) is 2.72. The van der Waals surface area contributed by atoms with Crippen molar-refractivity contribution in [1.29, 1.82) is 0 Å². The average Bonchev–Trinajstić information content (AvgIpc) is 3.06. The van der Waals surface area contributed by atoms with Crippen LogP contribution in [0.2, 0.25) is 0 Å². The summed E-state index contributed by atoms with van der Waals surface area (Å²) >= 11 is 0. The van der Waals surface area contributed by atoms with E-state index in [4.69, 9.17) is 4.74 Å². The van der Waals surface area contributed by atoms with Gasteiger partial charge in [0.15, 0.2) is 0 Å². The maximum absolute atomic E-state index is 12.5. The Kier molecular flexibility index (Phi) is 4.14. The zero-order valence-electron chi connectivity index (χ0n) is 14.3. The van der Waals surface area contributed by atoms with E-state index in [0.29, 0.717) is 12.2 Å². The maximum Gasteiger partial charge on any atom is 0.340 e. The molecule has 0 saturated carbocycles. The Hall–Kier alpha value is -3.18. The van der Waals surface area contributed by atoms with Crippen molar-refractivity contribution < 1.29 is 14.6 Å². The highest BCUT2D eigenvalue weighted by Crippen LogP contribution is 2.30. The van der Waals surface area contributed by atoms with Gasteiger partial charge in [-0.25, -0.2) is 4.79 Å². The van der Waals surface area contributed by atoms with E-state index < -0.39 is 0 Å². The lowest BCUT2D eigenvalue weighted by Crippen LogP contribution is -2.05. The quantitative estimate of drug-likeness (QED) is 0.571. The van der Waals surface area contributed by atoms with Gasteiger partial charge in [0.25, 0.3) is 0 Å². The Bertz CT molecular complexity index is 1110. The van der Waals surface area contributed by atoms with E-state index in [-0.39, 0.29) is 12.6 Å². The molecule has 5 nitrogen and oxygen atoms in total. The molecule has 3 heterocycles. The summed E-state index contributed by atoms with van der Waals surface area (Å²) < 4.78 is 7.17. The first kappa shape index (κ1) is 16.3. The van der Waals surface area contributed by atoms with Crippen molar-refractivity contribution in [2.45, 2.75) is 13.5 Å². The van der Waals surface area contributed by atoms with Crippen LogP contribution in [-0.4, -0.2) is 27.1 Å². The standard InChI is InChI=1S/C21H18N2O3/c1-2-26-21(25)18-11-17-9-14(13-24)7-8-23(17)20(18)16-10-15-5-3-4-6-19(15)22-12-16/h3-12,24H,2,13H2,1H3. The van der Waals surface area contributed by atoms with Gasteiger partial charge in [0.05, 0.1) is 30.0 Å². The van der Waals surface area contributed by atoms with Crippen LogP contribution in [0.3, 0.4) is 0 Å². The summed E-state index contributed by atoms with van der Waals surface area (Å²) in [5, 5.41) is 10.4. The summed E-state index contributed by atoms with van der Waals surface area (Å²) in [4.78, 5) is 17.0. The molecule has 26 heavy (non-hydrogen) atoms. The minimum atomic E-state index is -0.370. The fourth-order valence-electron chi connectivity index (χ4n) is 3.18. The van der Waals surface area contributed by atoms with E-state index in [1.54, 1.807) is 19.2 Å². The Labute approximate surface area is 150 Å². The van der Waals surface area contributed by atoms with Gasteiger partial charge in [-0.1, -0.05) is 18.2 Å². The first-order chi connectivity index (χ1) is 12.7. The van der Waals surface area contributed by atoms with Crippen LogP contribution in [0.1, 0.15) is 22.8 Å². The number of hydrogen-bond acceptors (Lipinski definition) is 4. The summed E-state index contributed by atoms with van der Waals surface area (Å²) in [6.45, 7) is 2.04. The summed E-state index contributed by atoms with van der Waals surface area (Å²) in [6, 6.07) is 15.4. The zero-order chi connectivity index (χ0) is 18.1. The number of carbonyl (C=O) groups is 1. The van der Waals surface area contributed by atoms with Crippen LogP contribution in [0.25, 0.3) is 27.7 Å². The summed E-state index contributed by atoms with van der Waals surface area (Å²) in [5.74, 6) is -0.370. The number of aromatic nitrogens is 2. The number of aliphatic hydroxyl groups is 1. The Morgan fingerprint density at radius 2 is 2.04 bits per heavy atom. The molecule has 1 N–H and O–H groups in total. The molecule has 0 aliphatic carbocycles. The van der Waals surface area contributed by atoms with Crippen molar-refractivity contribution in [2.24, 2.45) is 0 Å². The lowest BCUT2D eigenvalue weighted by Gasteiger charge is -2.08. The van der Waals surface area contributed by atoms with Gasteiger partial charge in [-0.05, 0) is 42.8 Å². The van der Waals surface area contributed by atoms with E-state index in [9.17, 15) is 9.90 Å². The topological polar surface area (TPSA) is 63.8 Å². The van der Waals surface area contributed by atoms with Crippen LogP contribution in [0.4, 0.5) is 0 Å². The lowest BCUT2D eigenvalue weighted by atomic mass is 10.1. The van der Waals surface area contributed by atoms with Crippen LogP contribution in [0.15, 0.2) is 60.9 Å². The third-order valence-electron chi connectivity index (χ3n) is 4.38. The molecule has 3 aromatic heterocycles. The molecule has 5 heteroatoms. The molecule has 0 radical (unpaired) electrons. The highest BCUT2D eigenvalue weighted by Gasteiger charge is 2.20. The van der Waals surface area contributed by atoms with Gasteiger partial charge in [0.2, 0.25) is 0 Å². The largest absolute Gasteiger partial charge is 0.462 e. The smallest absolute Gasteiger partial charge is 0.340 e. The molecular weight excluding hydrogens is 328 g/mol. The first-order valence-electron chi connectivity index (χ1n) is 8.48. The Balaban J connectivity index is 1.98. The van der Waals surface area contributed by atoms with Crippen LogP contribution in [0.5, 0.6) is 0 Å². The van der Waals surface area contributed by atoms with Crippen molar-refractivity contribution in [1.82, 2.24) is 9.38 Å². The van der Waals surface area contributed by atoms with E-state index in [0.717, 1.165) is 33.2 Å². The first-order valence-corrected chi connectivity index (χ1v) is 8.48. The maximum atomic E-state index is 12.5. The van der Waals surface area contributed by atoms with Crippen molar-refractivity contribution in [3.05, 3.63) is 72.1 Å². The van der Waals surface area contributed by atoms with Crippen LogP contribution in [-0.2, 0) is 11.3 Å². The molecule has 0 unspecified atom stereocenters. The minimum absolute atomic E-state index is 0.0523.